The summed E-state index contributed by atoms with van der Waals surface area (Å²) in [6.45, 7) is 21.3. The van der Waals surface area contributed by atoms with Gasteiger partial charge in [0.2, 0.25) is 0 Å². The molecule has 0 aliphatic rings. The van der Waals surface area contributed by atoms with Crippen molar-refractivity contribution in [1.82, 2.24) is 0 Å². The van der Waals surface area contributed by atoms with Crippen LogP contribution in [0.3, 0.4) is 0 Å². The van der Waals surface area contributed by atoms with Crippen molar-refractivity contribution in [2.45, 2.75) is 98.3 Å². The second-order valence-electron chi connectivity index (χ2n) is 15.4. The average molecular weight is 659 g/mol. The molecule has 0 heterocycles. The number of benzene rings is 5. The van der Waals surface area contributed by atoms with Gasteiger partial charge < -0.3 is 20.4 Å². The van der Waals surface area contributed by atoms with Crippen LogP contribution in [0.1, 0.15) is 116 Å². The van der Waals surface area contributed by atoms with Crippen molar-refractivity contribution in [2.24, 2.45) is 0 Å². The fraction of sp³-hybridized carbons (Fsp3) is 0.333. The highest BCUT2D eigenvalue weighted by Crippen LogP contribution is 2.43. The van der Waals surface area contributed by atoms with Gasteiger partial charge >= 0.3 is 0 Å². The lowest BCUT2D eigenvalue weighted by Gasteiger charge is -2.32. The van der Waals surface area contributed by atoms with Crippen molar-refractivity contribution in [3.63, 3.8) is 0 Å². The number of hydrogen-bond acceptors (Lipinski definition) is 4. The molecular formula is C45H54O4. The molecular weight excluding hydrogens is 604 g/mol. The van der Waals surface area contributed by atoms with Gasteiger partial charge in [-0.15, -0.1) is 0 Å². The van der Waals surface area contributed by atoms with Crippen molar-refractivity contribution in [1.29, 1.82) is 0 Å². The topological polar surface area (TPSA) is 80.9 Å². The smallest absolute Gasteiger partial charge is 0.118 e. The Labute approximate surface area is 293 Å². The lowest BCUT2D eigenvalue weighted by atomic mass is 9.72. The van der Waals surface area contributed by atoms with Crippen LogP contribution in [0.2, 0.25) is 0 Å². The highest BCUT2D eigenvalue weighted by molar-refractivity contribution is 5.55. The molecule has 1 unspecified atom stereocenters. The predicted octanol–water partition coefficient (Wildman–Crippen LogP) is 11.2. The van der Waals surface area contributed by atoms with E-state index >= 15 is 0 Å². The quantitative estimate of drug-likeness (QED) is 0.146. The lowest BCUT2D eigenvalue weighted by Crippen LogP contribution is -2.21. The van der Waals surface area contributed by atoms with Crippen LogP contribution in [-0.2, 0) is 17.3 Å². The second kappa shape index (κ2) is 14.8. The summed E-state index contributed by atoms with van der Waals surface area (Å²) < 4.78 is 0. The van der Waals surface area contributed by atoms with Crippen LogP contribution in [0.4, 0.5) is 0 Å². The van der Waals surface area contributed by atoms with Crippen molar-refractivity contribution < 1.29 is 20.4 Å². The van der Waals surface area contributed by atoms with Gasteiger partial charge in [0.05, 0.1) is 0 Å². The van der Waals surface area contributed by atoms with E-state index < -0.39 is 0 Å². The van der Waals surface area contributed by atoms with Crippen LogP contribution in [0.15, 0.2) is 97.1 Å². The number of hydrogen-bond donors (Lipinski definition) is 4. The van der Waals surface area contributed by atoms with Crippen molar-refractivity contribution >= 4 is 0 Å². The Kier molecular flexibility index (Phi) is 11.2. The van der Waals surface area contributed by atoms with Gasteiger partial charge in [-0.05, 0) is 124 Å². The normalized spacial score (nSPS) is 12.4. The third-order valence-corrected chi connectivity index (χ3v) is 9.57. The number of phenols is 4. The van der Waals surface area contributed by atoms with Gasteiger partial charge in [0.25, 0.3) is 0 Å². The number of rotatable bonds is 6. The molecule has 4 nitrogen and oxygen atoms in total. The van der Waals surface area contributed by atoms with Crippen molar-refractivity contribution in [2.75, 3.05) is 0 Å². The fourth-order valence-corrected chi connectivity index (χ4v) is 7.20. The van der Waals surface area contributed by atoms with Gasteiger partial charge in [0.1, 0.15) is 23.0 Å². The zero-order valence-electron chi connectivity index (χ0n) is 30.9. The molecule has 4 N–H and O–H groups in total. The molecule has 5 aromatic rings. The summed E-state index contributed by atoms with van der Waals surface area (Å²) in [4.78, 5) is 0. The molecule has 0 aliphatic heterocycles. The van der Waals surface area contributed by atoms with Crippen LogP contribution in [-0.4, -0.2) is 20.4 Å². The molecule has 0 radical (unpaired) electrons. The molecule has 0 saturated heterocycles. The fourth-order valence-electron chi connectivity index (χ4n) is 7.20. The van der Waals surface area contributed by atoms with E-state index in [0.29, 0.717) is 17.2 Å². The summed E-state index contributed by atoms with van der Waals surface area (Å²) in [6, 6.07) is 31.2. The van der Waals surface area contributed by atoms with Gasteiger partial charge in [-0.3, -0.25) is 0 Å². The maximum Gasteiger partial charge on any atom is 0.118 e. The minimum absolute atomic E-state index is 0.0692. The molecule has 0 fully saturated rings. The maximum atomic E-state index is 10.3. The first-order chi connectivity index (χ1) is 22.9. The molecule has 0 aliphatic carbocycles. The van der Waals surface area contributed by atoms with E-state index in [9.17, 15) is 20.4 Å². The summed E-state index contributed by atoms with van der Waals surface area (Å²) in [7, 11) is 0. The van der Waals surface area contributed by atoms with Gasteiger partial charge in [0, 0.05) is 11.8 Å². The molecule has 258 valence electrons. The Hall–Kier alpha value is -4.70. The minimum Gasteiger partial charge on any atom is -0.508 e. The van der Waals surface area contributed by atoms with Gasteiger partial charge in [-0.25, -0.2) is 0 Å². The SMILES string of the molecule is Cc1c(O)ccc(C(C)c2ccc(O)c(C)c2C(C)(C)C)c1C(C)(C)C.Cc1cc(C(Cc2ccccc2)c2ccc(O)cc2)ccc1O. The van der Waals surface area contributed by atoms with E-state index in [1.54, 1.807) is 30.3 Å². The Balaban J connectivity index is 0.000000222. The molecule has 5 aromatic carbocycles. The molecule has 0 aromatic heterocycles. The molecule has 0 spiro atoms. The second-order valence-corrected chi connectivity index (χ2v) is 15.4. The molecule has 49 heavy (non-hydrogen) atoms. The average Bonchev–Trinajstić information content (AvgIpc) is 3.03. The summed E-state index contributed by atoms with van der Waals surface area (Å²) in [5.41, 5.74) is 11.1. The monoisotopic (exact) mass is 658 g/mol. The van der Waals surface area contributed by atoms with Crippen LogP contribution in [0.25, 0.3) is 0 Å². The Morgan fingerprint density at radius 2 is 0.980 bits per heavy atom. The highest BCUT2D eigenvalue weighted by atomic mass is 16.3. The Bertz CT molecular complexity index is 1800. The lowest BCUT2D eigenvalue weighted by molar-refractivity contribution is 0.463. The number of phenolic OH excluding ortho intramolecular Hbond substituents is 4. The van der Waals surface area contributed by atoms with Gasteiger partial charge in [-0.1, -0.05) is 115 Å². The predicted molar refractivity (Wildman–Crippen MR) is 204 cm³/mol. The molecule has 5 rings (SSSR count). The van der Waals surface area contributed by atoms with Crippen molar-refractivity contribution in [3.8, 4) is 23.0 Å². The van der Waals surface area contributed by atoms with Gasteiger partial charge in [-0.2, -0.15) is 0 Å². The van der Waals surface area contributed by atoms with E-state index in [1.807, 2.05) is 63.2 Å². The van der Waals surface area contributed by atoms with E-state index in [4.69, 9.17) is 0 Å². The van der Waals surface area contributed by atoms with Crippen LogP contribution in [0, 0.1) is 20.8 Å². The number of aryl methyl sites for hydroxylation is 1. The first kappa shape index (κ1) is 37.1. The molecule has 0 saturated carbocycles. The summed E-state index contributed by atoms with van der Waals surface area (Å²) in [5.74, 6) is 1.63. The zero-order chi connectivity index (χ0) is 36.3. The minimum atomic E-state index is -0.0692. The molecule has 4 heteroatoms. The maximum absolute atomic E-state index is 10.3. The van der Waals surface area contributed by atoms with E-state index in [2.05, 4.69) is 72.7 Å². The third-order valence-electron chi connectivity index (χ3n) is 9.57. The van der Waals surface area contributed by atoms with E-state index in [0.717, 1.165) is 34.2 Å². The first-order valence-corrected chi connectivity index (χ1v) is 17.2. The molecule has 0 amide bonds. The third kappa shape index (κ3) is 8.67. The van der Waals surface area contributed by atoms with Crippen molar-refractivity contribution in [3.05, 3.63) is 153 Å². The number of aromatic hydroxyl groups is 4. The Morgan fingerprint density at radius 1 is 0.531 bits per heavy atom. The first-order valence-electron chi connectivity index (χ1n) is 17.2. The Morgan fingerprint density at radius 3 is 1.43 bits per heavy atom. The van der Waals surface area contributed by atoms with E-state index in [1.165, 1.54) is 27.8 Å². The zero-order valence-corrected chi connectivity index (χ0v) is 30.9. The van der Waals surface area contributed by atoms with Gasteiger partial charge in [0.15, 0.2) is 0 Å². The highest BCUT2D eigenvalue weighted by Gasteiger charge is 2.29. The van der Waals surface area contributed by atoms with Crippen LogP contribution in [0.5, 0.6) is 23.0 Å². The van der Waals surface area contributed by atoms with Crippen LogP contribution >= 0.6 is 0 Å². The van der Waals surface area contributed by atoms with E-state index in [-0.39, 0.29) is 28.4 Å². The molecule has 0 bridgehead atoms. The summed E-state index contributed by atoms with van der Waals surface area (Å²) >= 11 is 0. The summed E-state index contributed by atoms with van der Waals surface area (Å²) in [5, 5.41) is 39.9. The largest absolute Gasteiger partial charge is 0.508 e. The standard InChI is InChI=1S/C24H34O2.C21H20O2/c1-14(17-10-12-19(25)15(2)21(17)23(4,5)6)18-11-13-20(26)16(3)22(18)24(7,8)9;1-15-13-18(9-12-21(15)23)20(14-16-5-3-2-4-6-16)17-7-10-19(22)11-8-17/h10-14,25-26H,1-9H3;2-13,20,22-23H,14H2,1H3. The summed E-state index contributed by atoms with van der Waals surface area (Å²) in [6.07, 6.45) is 0.871. The van der Waals surface area contributed by atoms with Crippen LogP contribution < -0.4 is 0 Å². The molecule has 1 atom stereocenters.